The van der Waals surface area contributed by atoms with E-state index in [1.54, 1.807) is 0 Å². The van der Waals surface area contributed by atoms with Gasteiger partial charge in [0.05, 0.1) is 13.2 Å². The second-order valence-corrected chi connectivity index (χ2v) is 4.56. The van der Waals surface area contributed by atoms with Gasteiger partial charge >= 0.3 is 0 Å². The van der Waals surface area contributed by atoms with Crippen molar-refractivity contribution in [2.75, 3.05) is 13.2 Å². The molecular weight excluding hydrogens is 196 g/mol. The van der Waals surface area contributed by atoms with Crippen LogP contribution in [0.4, 0.5) is 0 Å². The average Bonchev–Trinajstić information content (AvgIpc) is 2.22. The number of hydrogen-bond acceptors (Lipinski definition) is 1. The Morgan fingerprint density at radius 3 is 2.44 bits per heavy atom. The lowest BCUT2D eigenvalue weighted by Crippen LogP contribution is -2.04. The van der Waals surface area contributed by atoms with Crippen molar-refractivity contribution < 1.29 is 4.74 Å². The first-order valence-electron chi connectivity index (χ1n) is 5.80. The first kappa shape index (κ1) is 13.0. The van der Waals surface area contributed by atoms with Crippen LogP contribution in [0, 0.1) is 20.8 Å². The van der Waals surface area contributed by atoms with Gasteiger partial charge in [-0.15, -0.1) is 0 Å². The SMILES string of the molecule is C=C(C)COCCc1c(C)ccc(C)c1C. The molecule has 88 valence electrons. The van der Waals surface area contributed by atoms with E-state index in [1.165, 1.54) is 22.3 Å². The van der Waals surface area contributed by atoms with E-state index in [-0.39, 0.29) is 0 Å². The predicted molar refractivity (Wildman–Crippen MR) is 70.0 cm³/mol. The van der Waals surface area contributed by atoms with Crippen LogP contribution in [0.25, 0.3) is 0 Å². The molecule has 16 heavy (non-hydrogen) atoms. The predicted octanol–water partition coefficient (Wildman–Crippen LogP) is 3.75. The maximum atomic E-state index is 5.55. The topological polar surface area (TPSA) is 9.23 Å². The van der Waals surface area contributed by atoms with Crippen molar-refractivity contribution in [3.8, 4) is 0 Å². The molecule has 0 unspecified atom stereocenters. The van der Waals surface area contributed by atoms with E-state index in [2.05, 4.69) is 39.5 Å². The third kappa shape index (κ3) is 3.49. The van der Waals surface area contributed by atoms with Gasteiger partial charge in [0, 0.05) is 0 Å². The molecule has 0 amide bonds. The second kappa shape index (κ2) is 5.86. The summed E-state index contributed by atoms with van der Waals surface area (Å²) in [5, 5.41) is 0. The van der Waals surface area contributed by atoms with E-state index in [0.717, 1.165) is 18.6 Å². The lowest BCUT2D eigenvalue weighted by Gasteiger charge is -2.12. The molecule has 0 bridgehead atoms. The van der Waals surface area contributed by atoms with Gasteiger partial charge < -0.3 is 4.74 Å². The zero-order valence-electron chi connectivity index (χ0n) is 10.9. The zero-order chi connectivity index (χ0) is 12.1. The van der Waals surface area contributed by atoms with E-state index in [9.17, 15) is 0 Å². The van der Waals surface area contributed by atoms with Gasteiger partial charge in [0.25, 0.3) is 0 Å². The molecule has 1 rings (SSSR count). The van der Waals surface area contributed by atoms with Gasteiger partial charge in [-0.3, -0.25) is 0 Å². The number of benzene rings is 1. The molecule has 1 heteroatoms. The maximum Gasteiger partial charge on any atom is 0.0671 e. The Morgan fingerprint density at radius 1 is 1.19 bits per heavy atom. The third-order valence-electron chi connectivity index (χ3n) is 2.95. The highest BCUT2D eigenvalue weighted by atomic mass is 16.5. The molecule has 0 N–H and O–H groups in total. The molecular formula is C15H22O. The number of ether oxygens (including phenoxy) is 1. The van der Waals surface area contributed by atoms with Gasteiger partial charge in [-0.1, -0.05) is 24.3 Å². The van der Waals surface area contributed by atoms with Gasteiger partial charge in [-0.25, -0.2) is 0 Å². The van der Waals surface area contributed by atoms with Crippen molar-refractivity contribution in [3.63, 3.8) is 0 Å². The van der Waals surface area contributed by atoms with Gasteiger partial charge in [-0.05, 0) is 56.4 Å². The Hall–Kier alpha value is -1.08. The van der Waals surface area contributed by atoms with Crippen molar-refractivity contribution in [3.05, 3.63) is 46.5 Å². The average molecular weight is 218 g/mol. The summed E-state index contributed by atoms with van der Waals surface area (Å²) in [6, 6.07) is 4.37. The lowest BCUT2D eigenvalue weighted by atomic mass is 9.96. The normalized spacial score (nSPS) is 10.5. The van der Waals surface area contributed by atoms with Crippen LogP contribution in [-0.4, -0.2) is 13.2 Å². The van der Waals surface area contributed by atoms with Gasteiger partial charge in [0.1, 0.15) is 0 Å². The molecule has 0 saturated carbocycles. The van der Waals surface area contributed by atoms with Gasteiger partial charge in [0.2, 0.25) is 0 Å². The van der Waals surface area contributed by atoms with Crippen LogP contribution in [0.15, 0.2) is 24.3 Å². The molecule has 0 aliphatic rings. The van der Waals surface area contributed by atoms with Crippen LogP contribution in [0.2, 0.25) is 0 Å². The summed E-state index contributed by atoms with van der Waals surface area (Å²) in [5.74, 6) is 0. The Labute approximate surface area is 99.1 Å². The summed E-state index contributed by atoms with van der Waals surface area (Å²) in [6.07, 6.45) is 0.993. The Morgan fingerprint density at radius 2 is 1.81 bits per heavy atom. The molecule has 0 atom stereocenters. The molecule has 0 aromatic heterocycles. The monoisotopic (exact) mass is 218 g/mol. The van der Waals surface area contributed by atoms with Crippen LogP contribution < -0.4 is 0 Å². The summed E-state index contributed by atoms with van der Waals surface area (Å²) in [4.78, 5) is 0. The highest BCUT2D eigenvalue weighted by Gasteiger charge is 2.04. The van der Waals surface area contributed by atoms with Crippen molar-refractivity contribution in [1.82, 2.24) is 0 Å². The fourth-order valence-corrected chi connectivity index (χ4v) is 1.81. The molecule has 1 nitrogen and oxygen atoms in total. The minimum Gasteiger partial charge on any atom is -0.377 e. The Kier molecular flexibility index (Phi) is 4.75. The summed E-state index contributed by atoms with van der Waals surface area (Å²) < 4.78 is 5.55. The number of aryl methyl sites for hydroxylation is 2. The maximum absolute atomic E-state index is 5.55. The first-order valence-corrected chi connectivity index (χ1v) is 5.80. The van der Waals surface area contributed by atoms with Crippen molar-refractivity contribution >= 4 is 0 Å². The van der Waals surface area contributed by atoms with E-state index in [1.807, 2.05) is 6.92 Å². The quantitative estimate of drug-likeness (QED) is 0.540. The smallest absolute Gasteiger partial charge is 0.0671 e. The molecule has 1 aromatic rings. The molecule has 0 aliphatic carbocycles. The van der Waals surface area contributed by atoms with E-state index in [4.69, 9.17) is 4.74 Å². The summed E-state index contributed by atoms with van der Waals surface area (Å²) >= 11 is 0. The zero-order valence-corrected chi connectivity index (χ0v) is 10.9. The van der Waals surface area contributed by atoms with Crippen molar-refractivity contribution in [2.45, 2.75) is 34.1 Å². The second-order valence-electron chi connectivity index (χ2n) is 4.56. The highest BCUT2D eigenvalue weighted by molar-refractivity contribution is 5.39. The van der Waals surface area contributed by atoms with E-state index in [0.29, 0.717) is 6.61 Å². The third-order valence-corrected chi connectivity index (χ3v) is 2.95. The number of hydrogen-bond donors (Lipinski definition) is 0. The molecule has 0 aliphatic heterocycles. The van der Waals surface area contributed by atoms with Crippen molar-refractivity contribution in [2.24, 2.45) is 0 Å². The molecule has 0 heterocycles. The minimum atomic E-state index is 0.671. The highest BCUT2D eigenvalue weighted by Crippen LogP contribution is 2.18. The van der Waals surface area contributed by atoms with Crippen LogP contribution in [0.5, 0.6) is 0 Å². The fourth-order valence-electron chi connectivity index (χ4n) is 1.81. The molecule has 1 aromatic carbocycles. The molecule has 0 spiro atoms. The van der Waals surface area contributed by atoms with E-state index >= 15 is 0 Å². The number of rotatable bonds is 5. The fraction of sp³-hybridized carbons (Fsp3) is 0.467. The van der Waals surface area contributed by atoms with E-state index < -0.39 is 0 Å². The molecule has 0 radical (unpaired) electrons. The first-order chi connectivity index (χ1) is 7.52. The van der Waals surface area contributed by atoms with Crippen molar-refractivity contribution in [1.29, 1.82) is 0 Å². The standard InChI is InChI=1S/C15H22O/c1-11(2)10-16-9-8-15-13(4)7-6-12(3)14(15)5/h6-7H,1,8-10H2,2-5H3. The lowest BCUT2D eigenvalue weighted by molar-refractivity contribution is 0.159. The molecule has 0 fully saturated rings. The van der Waals surface area contributed by atoms with Gasteiger partial charge in [0.15, 0.2) is 0 Å². The summed E-state index contributed by atoms with van der Waals surface area (Å²) in [6.45, 7) is 13.8. The van der Waals surface area contributed by atoms with Crippen LogP contribution in [0.1, 0.15) is 29.2 Å². The summed E-state index contributed by atoms with van der Waals surface area (Å²) in [7, 11) is 0. The van der Waals surface area contributed by atoms with Crippen LogP contribution in [0.3, 0.4) is 0 Å². The van der Waals surface area contributed by atoms with Crippen LogP contribution >= 0.6 is 0 Å². The minimum absolute atomic E-state index is 0.671. The van der Waals surface area contributed by atoms with Gasteiger partial charge in [-0.2, -0.15) is 0 Å². The Bertz CT molecular complexity index is 377. The Balaban J connectivity index is 2.60. The largest absolute Gasteiger partial charge is 0.377 e. The molecule has 0 saturated heterocycles. The van der Waals surface area contributed by atoms with Crippen LogP contribution in [-0.2, 0) is 11.2 Å². The summed E-state index contributed by atoms with van der Waals surface area (Å²) in [5.41, 5.74) is 6.64.